The number of alkyl halides is 3. The molecule has 2 fully saturated rings. The molecule has 0 amide bonds. The molecule has 1 saturated heterocycles. The van der Waals surface area contributed by atoms with Crippen LogP contribution in [0.25, 0.3) is 11.1 Å². The second-order valence-corrected chi connectivity index (χ2v) is 8.42. The number of rotatable bonds is 4. The maximum Gasteiger partial charge on any atom is 0.417 e. The normalized spacial score (nSPS) is 21.9. The molecule has 0 aromatic heterocycles. The zero-order valence-electron chi connectivity index (χ0n) is 16.2. The Hall–Kier alpha value is -1.81. The first kappa shape index (κ1) is 19.5. The van der Waals surface area contributed by atoms with Crippen molar-refractivity contribution in [1.29, 1.82) is 0 Å². The number of hydrogen-bond donors (Lipinski definition) is 0. The number of halogens is 3. The molecule has 1 heterocycles. The Morgan fingerprint density at radius 2 is 1.64 bits per heavy atom. The second-order valence-electron chi connectivity index (χ2n) is 8.42. The van der Waals surface area contributed by atoms with Crippen molar-refractivity contribution < 1.29 is 13.2 Å². The lowest BCUT2D eigenvalue weighted by Gasteiger charge is -2.35. The van der Waals surface area contributed by atoms with E-state index in [9.17, 15) is 13.2 Å². The molecule has 0 spiro atoms. The molecule has 1 nitrogen and oxygen atoms in total. The number of hydrogen-bond acceptors (Lipinski definition) is 1. The van der Waals surface area contributed by atoms with Crippen LogP contribution in [0.2, 0.25) is 0 Å². The van der Waals surface area contributed by atoms with Crippen molar-refractivity contribution in [3.05, 3.63) is 59.7 Å². The molecule has 2 aromatic carbocycles. The van der Waals surface area contributed by atoms with Gasteiger partial charge in [-0.05, 0) is 66.8 Å². The highest BCUT2D eigenvalue weighted by molar-refractivity contribution is 5.68. The Morgan fingerprint density at radius 3 is 2.36 bits per heavy atom. The van der Waals surface area contributed by atoms with E-state index in [4.69, 9.17) is 0 Å². The highest BCUT2D eigenvalue weighted by atomic mass is 19.4. The zero-order valence-corrected chi connectivity index (χ0v) is 16.2. The Kier molecular flexibility index (Phi) is 5.77. The summed E-state index contributed by atoms with van der Waals surface area (Å²) in [6.45, 7) is 3.09. The van der Waals surface area contributed by atoms with Gasteiger partial charge in [-0.2, -0.15) is 13.2 Å². The van der Waals surface area contributed by atoms with Gasteiger partial charge in [0.2, 0.25) is 0 Å². The van der Waals surface area contributed by atoms with E-state index in [1.54, 1.807) is 30.3 Å². The van der Waals surface area contributed by atoms with Gasteiger partial charge < -0.3 is 4.90 Å². The number of benzene rings is 2. The van der Waals surface area contributed by atoms with Gasteiger partial charge in [-0.15, -0.1) is 0 Å². The first-order chi connectivity index (χ1) is 13.5. The molecule has 4 heteroatoms. The van der Waals surface area contributed by atoms with Crippen LogP contribution in [-0.4, -0.2) is 24.5 Å². The monoisotopic (exact) mass is 387 g/mol. The summed E-state index contributed by atoms with van der Waals surface area (Å²) < 4.78 is 41.5. The maximum absolute atomic E-state index is 13.8. The Bertz CT molecular complexity index is 778. The van der Waals surface area contributed by atoms with Crippen molar-refractivity contribution in [1.82, 2.24) is 4.90 Å². The molecule has 0 radical (unpaired) electrons. The van der Waals surface area contributed by atoms with Crippen molar-refractivity contribution >= 4 is 0 Å². The van der Waals surface area contributed by atoms with E-state index >= 15 is 0 Å². The van der Waals surface area contributed by atoms with Gasteiger partial charge in [-0.3, -0.25) is 0 Å². The van der Waals surface area contributed by atoms with Gasteiger partial charge in [0.05, 0.1) is 5.56 Å². The Morgan fingerprint density at radius 1 is 0.893 bits per heavy atom. The maximum atomic E-state index is 13.8. The highest BCUT2D eigenvalue weighted by Crippen LogP contribution is 2.40. The minimum atomic E-state index is -4.35. The third-order valence-electron chi connectivity index (χ3n) is 6.40. The van der Waals surface area contributed by atoms with Gasteiger partial charge in [0.15, 0.2) is 0 Å². The van der Waals surface area contributed by atoms with Crippen molar-refractivity contribution in [2.75, 3.05) is 19.6 Å². The fraction of sp³-hybridized carbons (Fsp3) is 0.500. The van der Waals surface area contributed by atoms with Crippen LogP contribution in [0.5, 0.6) is 0 Å². The second kappa shape index (κ2) is 8.28. The minimum Gasteiger partial charge on any atom is -0.302 e. The molecule has 2 aliphatic rings. The summed E-state index contributed by atoms with van der Waals surface area (Å²) >= 11 is 0. The lowest BCUT2D eigenvalue weighted by atomic mass is 9.87. The predicted octanol–water partition coefficient (Wildman–Crippen LogP) is 6.74. The van der Waals surface area contributed by atoms with Gasteiger partial charge in [-0.25, -0.2) is 0 Å². The van der Waals surface area contributed by atoms with Crippen LogP contribution in [0, 0.1) is 5.92 Å². The van der Waals surface area contributed by atoms with Crippen molar-refractivity contribution in [3.8, 4) is 11.1 Å². The van der Waals surface area contributed by atoms with Gasteiger partial charge in [0.25, 0.3) is 0 Å². The van der Waals surface area contributed by atoms with Crippen LogP contribution in [0.4, 0.5) is 13.2 Å². The lowest BCUT2D eigenvalue weighted by Crippen LogP contribution is -2.37. The van der Waals surface area contributed by atoms with Crippen LogP contribution in [0.15, 0.2) is 48.5 Å². The topological polar surface area (TPSA) is 3.24 Å². The summed E-state index contributed by atoms with van der Waals surface area (Å²) in [5.74, 6) is 0.978. The number of piperidine rings is 1. The molecule has 1 aliphatic carbocycles. The van der Waals surface area contributed by atoms with E-state index in [2.05, 4.69) is 4.90 Å². The van der Waals surface area contributed by atoms with E-state index in [0.717, 1.165) is 44.0 Å². The fourth-order valence-electron chi connectivity index (χ4n) is 4.97. The van der Waals surface area contributed by atoms with Crippen LogP contribution >= 0.6 is 0 Å². The standard InChI is InChI=1S/C24H28F3N/c25-24(26,27)23-15-20(12-13-22(23)19-9-2-1-3-10-19)21-11-6-14-28(17-21)16-18-7-4-5-8-18/h1-3,9-10,12-13,15,18,21H,4-8,11,14,16-17H2. The van der Waals surface area contributed by atoms with Crippen LogP contribution in [0.3, 0.4) is 0 Å². The third-order valence-corrected chi connectivity index (χ3v) is 6.40. The molecule has 4 rings (SSSR count). The molecule has 0 N–H and O–H groups in total. The summed E-state index contributed by atoms with van der Waals surface area (Å²) in [6.07, 6.45) is 2.98. The molecular formula is C24H28F3N. The average molecular weight is 387 g/mol. The van der Waals surface area contributed by atoms with Crippen LogP contribution in [-0.2, 0) is 6.18 Å². The van der Waals surface area contributed by atoms with E-state index in [1.165, 1.54) is 31.7 Å². The van der Waals surface area contributed by atoms with E-state index in [1.807, 2.05) is 12.1 Å². The SMILES string of the molecule is FC(F)(F)c1cc(C2CCCN(CC3CCCC3)C2)ccc1-c1ccccc1. The molecular weight excluding hydrogens is 359 g/mol. The summed E-state index contributed by atoms with van der Waals surface area (Å²) in [4.78, 5) is 2.49. The van der Waals surface area contributed by atoms with Gasteiger partial charge in [0.1, 0.15) is 0 Å². The first-order valence-corrected chi connectivity index (χ1v) is 10.5. The first-order valence-electron chi connectivity index (χ1n) is 10.5. The molecule has 1 aliphatic heterocycles. The number of likely N-dealkylation sites (tertiary alicyclic amines) is 1. The summed E-state index contributed by atoms with van der Waals surface area (Å²) in [7, 11) is 0. The summed E-state index contributed by atoms with van der Waals surface area (Å²) in [5.41, 5.74) is 1.22. The van der Waals surface area contributed by atoms with E-state index < -0.39 is 11.7 Å². The average Bonchev–Trinajstić information content (AvgIpc) is 3.21. The molecule has 28 heavy (non-hydrogen) atoms. The van der Waals surface area contributed by atoms with Crippen LogP contribution < -0.4 is 0 Å². The molecule has 0 bridgehead atoms. The van der Waals surface area contributed by atoms with E-state index in [-0.39, 0.29) is 11.5 Å². The molecule has 1 atom stereocenters. The van der Waals surface area contributed by atoms with E-state index in [0.29, 0.717) is 5.56 Å². The van der Waals surface area contributed by atoms with Gasteiger partial charge >= 0.3 is 6.18 Å². The highest BCUT2D eigenvalue weighted by Gasteiger charge is 2.35. The smallest absolute Gasteiger partial charge is 0.302 e. The minimum absolute atomic E-state index is 0.195. The van der Waals surface area contributed by atoms with Crippen molar-refractivity contribution in [2.24, 2.45) is 5.92 Å². The lowest BCUT2D eigenvalue weighted by molar-refractivity contribution is -0.137. The quantitative estimate of drug-likeness (QED) is 0.561. The van der Waals surface area contributed by atoms with Gasteiger partial charge in [0, 0.05) is 13.1 Å². The summed E-state index contributed by atoms with van der Waals surface area (Å²) in [5, 5.41) is 0. The molecule has 1 unspecified atom stereocenters. The third kappa shape index (κ3) is 4.43. The van der Waals surface area contributed by atoms with Gasteiger partial charge in [-0.1, -0.05) is 55.3 Å². The van der Waals surface area contributed by atoms with Crippen molar-refractivity contribution in [2.45, 2.75) is 50.6 Å². The molecule has 1 saturated carbocycles. The Balaban J connectivity index is 1.57. The largest absolute Gasteiger partial charge is 0.417 e. The van der Waals surface area contributed by atoms with Crippen LogP contribution in [0.1, 0.15) is 55.6 Å². The Labute approximate surface area is 165 Å². The predicted molar refractivity (Wildman–Crippen MR) is 107 cm³/mol. The fourth-order valence-corrected chi connectivity index (χ4v) is 4.97. The number of nitrogens with zero attached hydrogens (tertiary/aromatic N) is 1. The molecule has 2 aromatic rings. The van der Waals surface area contributed by atoms with Crippen molar-refractivity contribution in [3.63, 3.8) is 0 Å². The summed E-state index contributed by atoms with van der Waals surface area (Å²) in [6, 6.07) is 13.9. The molecule has 150 valence electrons. The zero-order chi connectivity index (χ0) is 19.6.